The lowest BCUT2D eigenvalue weighted by molar-refractivity contribution is 0.220. The molecule has 1 saturated heterocycles. The second kappa shape index (κ2) is 5.58. The quantitative estimate of drug-likeness (QED) is 0.813. The first-order valence-corrected chi connectivity index (χ1v) is 7.24. The van der Waals surface area contributed by atoms with Gasteiger partial charge in [0.15, 0.2) is 0 Å². The first kappa shape index (κ1) is 13.2. The zero-order valence-electron chi connectivity index (χ0n) is 9.69. The molecule has 0 radical (unpaired) electrons. The minimum Gasteiger partial charge on any atom is -0.399 e. The van der Waals surface area contributed by atoms with Crippen molar-refractivity contribution < 1.29 is 9.00 Å². The van der Waals surface area contributed by atoms with Gasteiger partial charge in [-0.3, -0.25) is 4.21 Å². The van der Waals surface area contributed by atoms with Crippen molar-refractivity contribution in [1.82, 2.24) is 10.2 Å². The second-order valence-electron chi connectivity index (χ2n) is 3.96. The van der Waals surface area contributed by atoms with E-state index in [0.717, 1.165) is 0 Å². The Labute approximate surface area is 113 Å². The Balaban J connectivity index is 1.99. The molecule has 1 unspecified atom stereocenters. The lowest BCUT2D eigenvalue weighted by Crippen LogP contribution is -2.31. The fraction of sp³-hybridized carbons (Fsp3) is 0.364. The van der Waals surface area contributed by atoms with E-state index in [0.29, 0.717) is 41.0 Å². The first-order chi connectivity index (χ1) is 8.58. The van der Waals surface area contributed by atoms with Crippen molar-refractivity contribution in [2.45, 2.75) is 4.90 Å². The van der Waals surface area contributed by atoms with Crippen LogP contribution in [0, 0.1) is 0 Å². The van der Waals surface area contributed by atoms with E-state index in [1.807, 2.05) is 0 Å². The highest BCUT2D eigenvalue weighted by atomic mass is 35.5. The van der Waals surface area contributed by atoms with Gasteiger partial charge in [-0.05, 0) is 18.2 Å². The summed E-state index contributed by atoms with van der Waals surface area (Å²) >= 11 is 5.97. The molecule has 2 rings (SSSR count). The number of carbonyl (C=O) groups is 1. The van der Waals surface area contributed by atoms with Crippen LogP contribution in [0.5, 0.6) is 0 Å². The molecule has 98 valence electrons. The van der Waals surface area contributed by atoms with Gasteiger partial charge in [0, 0.05) is 31.1 Å². The van der Waals surface area contributed by atoms with Gasteiger partial charge in [-0.1, -0.05) is 11.6 Å². The minimum absolute atomic E-state index is 0.106. The summed E-state index contributed by atoms with van der Waals surface area (Å²) in [6, 6.07) is 4.80. The van der Waals surface area contributed by atoms with Gasteiger partial charge in [0.25, 0.3) is 0 Å². The number of urea groups is 1. The number of nitrogens with two attached hydrogens (primary N) is 1. The number of hydrogen-bond donors (Lipinski definition) is 2. The molecule has 3 N–H and O–H groups in total. The van der Waals surface area contributed by atoms with Gasteiger partial charge < -0.3 is 16.0 Å². The maximum atomic E-state index is 12.1. The van der Waals surface area contributed by atoms with Gasteiger partial charge in [0.1, 0.15) is 0 Å². The summed E-state index contributed by atoms with van der Waals surface area (Å²) < 4.78 is 12.1. The van der Waals surface area contributed by atoms with E-state index >= 15 is 0 Å². The fourth-order valence-electron chi connectivity index (χ4n) is 1.72. The predicted molar refractivity (Wildman–Crippen MR) is 72.1 cm³/mol. The average Bonchev–Trinajstić information content (AvgIpc) is 2.75. The van der Waals surface area contributed by atoms with Gasteiger partial charge in [-0.25, -0.2) is 4.79 Å². The highest BCUT2D eigenvalue weighted by molar-refractivity contribution is 7.85. The van der Waals surface area contributed by atoms with Crippen LogP contribution in [0.4, 0.5) is 10.5 Å². The van der Waals surface area contributed by atoms with E-state index in [9.17, 15) is 9.00 Å². The van der Waals surface area contributed by atoms with Crippen LogP contribution in [-0.2, 0) is 10.8 Å². The largest absolute Gasteiger partial charge is 0.399 e. The van der Waals surface area contributed by atoms with Crippen molar-refractivity contribution in [3.05, 3.63) is 23.2 Å². The molecule has 1 aliphatic heterocycles. The van der Waals surface area contributed by atoms with Gasteiger partial charge in [0.05, 0.1) is 20.7 Å². The van der Waals surface area contributed by atoms with E-state index in [1.165, 1.54) is 0 Å². The molecule has 1 fully saturated rings. The Bertz CT molecular complexity index is 495. The van der Waals surface area contributed by atoms with E-state index in [4.69, 9.17) is 17.3 Å². The summed E-state index contributed by atoms with van der Waals surface area (Å²) in [5.41, 5.74) is 6.17. The van der Waals surface area contributed by atoms with E-state index < -0.39 is 10.8 Å². The smallest absolute Gasteiger partial charge is 0.317 e. The van der Waals surface area contributed by atoms with Gasteiger partial charge in [-0.2, -0.15) is 0 Å². The Hall–Kier alpha value is -1.27. The molecule has 1 atom stereocenters. The van der Waals surface area contributed by atoms with Crippen molar-refractivity contribution in [1.29, 1.82) is 0 Å². The van der Waals surface area contributed by atoms with Crippen LogP contribution in [0.15, 0.2) is 23.1 Å². The zero-order chi connectivity index (χ0) is 13.1. The highest BCUT2D eigenvalue weighted by Crippen LogP contribution is 2.22. The second-order valence-corrected chi connectivity index (χ2v) is 5.90. The van der Waals surface area contributed by atoms with Crippen molar-refractivity contribution in [3.8, 4) is 0 Å². The lowest BCUT2D eigenvalue weighted by atomic mass is 10.3. The number of amides is 2. The summed E-state index contributed by atoms with van der Waals surface area (Å²) in [6.45, 7) is 1.74. The average molecular weight is 288 g/mol. The molecule has 1 aromatic rings. The molecule has 18 heavy (non-hydrogen) atoms. The molecule has 7 heteroatoms. The molecule has 0 aliphatic carbocycles. The van der Waals surface area contributed by atoms with Crippen LogP contribution in [0.1, 0.15) is 0 Å². The molecule has 1 heterocycles. The number of benzene rings is 1. The van der Waals surface area contributed by atoms with Crippen molar-refractivity contribution in [2.24, 2.45) is 0 Å². The topological polar surface area (TPSA) is 75.4 Å². The lowest BCUT2D eigenvalue weighted by Gasteiger charge is -2.13. The third-order valence-electron chi connectivity index (χ3n) is 2.69. The van der Waals surface area contributed by atoms with Crippen LogP contribution in [0.25, 0.3) is 0 Å². The molecule has 2 amide bonds. The Morgan fingerprint density at radius 1 is 1.50 bits per heavy atom. The van der Waals surface area contributed by atoms with Crippen molar-refractivity contribution in [2.75, 3.05) is 31.1 Å². The van der Waals surface area contributed by atoms with Crippen LogP contribution < -0.4 is 11.1 Å². The molecular formula is C11H14ClN3O2S. The maximum absolute atomic E-state index is 12.1. The van der Waals surface area contributed by atoms with E-state index in [1.54, 1.807) is 23.1 Å². The van der Waals surface area contributed by atoms with Gasteiger partial charge >= 0.3 is 6.03 Å². The summed E-state index contributed by atoms with van der Waals surface area (Å²) in [5.74, 6) is 0.358. The van der Waals surface area contributed by atoms with Crippen molar-refractivity contribution >= 4 is 34.1 Å². The third-order valence-corrected chi connectivity index (χ3v) is 4.52. The number of hydrogen-bond acceptors (Lipinski definition) is 3. The normalized spacial score (nSPS) is 16.7. The Morgan fingerprint density at radius 3 is 2.94 bits per heavy atom. The predicted octanol–water partition coefficient (Wildman–Crippen LogP) is 1.06. The first-order valence-electron chi connectivity index (χ1n) is 5.54. The summed E-state index contributed by atoms with van der Waals surface area (Å²) in [4.78, 5) is 13.5. The third kappa shape index (κ3) is 2.94. The highest BCUT2D eigenvalue weighted by Gasteiger charge is 2.20. The monoisotopic (exact) mass is 287 g/mol. The SMILES string of the molecule is Nc1ccc(Cl)c(S(=O)CCN2CCNC2=O)c1. The number of anilines is 1. The molecule has 1 aromatic carbocycles. The Kier molecular flexibility index (Phi) is 4.08. The number of halogens is 1. The van der Waals surface area contributed by atoms with Crippen LogP contribution in [0.2, 0.25) is 5.02 Å². The molecule has 0 saturated carbocycles. The van der Waals surface area contributed by atoms with E-state index in [2.05, 4.69) is 5.32 Å². The molecule has 0 bridgehead atoms. The number of carbonyl (C=O) groups excluding carboxylic acids is 1. The minimum atomic E-state index is -1.25. The van der Waals surface area contributed by atoms with Gasteiger partial charge in [-0.15, -0.1) is 0 Å². The Morgan fingerprint density at radius 2 is 2.28 bits per heavy atom. The fourth-order valence-corrected chi connectivity index (χ4v) is 3.26. The van der Waals surface area contributed by atoms with Crippen LogP contribution >= 0.6 is 11.6 Å². The van der Waals surface area contributed by atoms with Crippen LogP contribution in [-0.4, -0.2) is 40.5 Å². The molecule has 5 nitrogen and oxygen atoms in total. The number of nitrogen functional groups attached to an aromatic ring is 1. The van der Waals surface area contributed by atoms with Crippen molar-refractivity contribution in [3.63, 3.8) is 0 Å². The number of nitrogens with one attached hydrogen (secondary N) is 1. The number of rotatable bonds is 4. The zero-order valence-corrected chi connectivity index (χ0v) is 11.3. The van der Waals surface area contributed by atoms with Crippen LogP contribution in [0.3, 0.4) is 0 Å². The van der Waals surface area contributed by atoms with E-state index in [-0.39, 0.29) is 6.03 Å². The summed E-state index contributed by atoms with van der Waals surface area (Å²) in [5, 5.41) is 3.13. The standard InChI is InChI=1S/C11H14ClN3O2S/c12-9-2-1-8(13)7-10(9)18(17)6-5-15-4-3-14-11(15)16/h1-2,7H,3-6,13H2,(H,14,16). The maximum Gasteiger partial charge on any atom is 0.317 e. The molecule has 1 aliphatic rings. The summed E-state index contributed by atoms with van der Waals surface area (Å²) in [6.07, 6.45) is 0. The van der Waals surface area contributed by atoms with Gasteiger partial charge in [0.2, 0.25) is 0 Å². The number of nitrogens with zero attached hydrogens (tertiary/aromatic N) is 1. The molecule has 0 aromatic heterocycles. The molecule has 0 spiro atoms. The molecular weight excluding hydrogens is 274 g/mol. The summed E-state index contributed by atoms with van der Waals surface area (Å²) in [7, 11) is -1.25.